The second kappa shape index (κ2) is 7.57. The highest BCUT2D eigenvalue weighted by molar-refractivity contribution is 5.97. The molecule has 1 aromatic heterocycles. The predicted octanol–water partition coefficient (Wildman–Crippen LogP) is 3.86. The van der Waals surface area contributed by atoms with E-state index in [1.807, 2.05) is 24.3 Å². The topological polar surface area (TPSA) is 67.3 Å². The summed E-state index contributed by atoms with van der Waals surface area (Å²) in [6.45, 7) is 0.756. The summed E-state index contributed by atoms with van der Waals surface area (Å²) in [5.74, 6) is -0.413. The van der Waals surface area contributed by atoms with Gasteiger partial charge >= 0.3 is 6.36 Å². The molecule has 1 fully saturated rings. The number of hydrogen-bond acceptors (Lipinski definition) is 5. The quantitative estimate of drug-likeness (QED) is 0.718. The molecule has 2 aromatic carbocycles. The first kappa shape index (κ1) is 19.0. The van der Waals surface area contributed by atoms with Crippen molar-refractivity contribution in [3.05, 3.63) is 60.3 Å². The van der Waals surface area contributed by atoms with E-state index in [9.17, 15) is 18.0 Å². The molecule has 1 aliphatic rings. The third-order valence-corrected chi connectivity index (χ3v) is 4.62. The smallest absolute Gasteiger partial charge is 0.405 e. The lowest BCUT2D eigenvalue weighted by Crippen LogP contribution is -2.32. The summed E-state index contributed by atoms with van der Waals surface area (Å²) in [7, 11) is 0. The van der Waals surface area contributed by atoms with Crippen LogP contribution in [0.25, 0.3) is 11.0 Å². The van der Waals surface area contributed by atoms with Gasteiger partial charge in [0.1, 0.15) is 11.6 Å². The van der Waals surface area contributed by atoms with Crippen LogP contribution in [0.3, 0.4) is 0 Å². The third kappa shape index (κ3) is 4.39. The molecule has 0 aliphatic carbocycles. The molecule has 1 atom stereocenters. The Morgan fingerprint density at radius 3 is 2.62 bits per heavy atom. The Balaban J connectivity index is 1.45. The molecule has 0 spiro atoms. The second-order valence-electron chi connectivity index (χ2n) is 6.67. The lowest BCUT2D eigenvalue weighted by Gasteiger charge is -2.19. The number of carbonyl (C=O) groups excluding carboxylic acids is 1. The van der Waals surface area contributed by atoms with Crippen molar-refractivity contribution in [2.45, 2.75) is 18.8 Å². The Kier molecular flexibility index (Phi) is 4.96. The highest BCUT2D eigenvalue weighted by Gasteiger charge is 2.34. The van der Waals surface area contributed by atoms with Crippen molar-refractivity contribution in [1.82, 2.24) is 14.9 Å². The number of nitrogens with one attached hydrogen (secondary N) is 1. The van der Waals surface area contributed by atoms with E-state index < -0.39 is 18.0 Å². The monoisotopic (exact) mass is 402 g/mol. The van der Waals surface area contributed by atoms with E-state index in [0.29, 0.717) is 25.3 Å². The molecule has 3 aromatic rings. The van der Waals surface area contributed by atoms with Crippen LogP contribution >= 0.6 is 0 Å². The molecule has 1 aliphatic heterocycles. The SMILES string of the molecule is O=C(c1ccccc1OC(F)(F)F)N1CCC(Nc2cnc3ccccc3n2)C1. The minimum atomic E-state index is -4.86. The summed E-state index contributed by atoms with van der Waals surface area (Å²) in [6, 6.07) is 12.8. The highest BCUT2D eigenvalue weighted by Crippen LogP contribution is 2.28. The number of likely N-dealkylation sites (tertiary alicyclic amines) is 1. The van der Waals surface area contributed by atoms with Gasteiger partial charge in [0.05, 0.1) is 22.8 Å². The van der Waals surface area contributed by atoms with Gasteiger partial charge in [-0.15, -0.1) is 13.2 Å². The molecule has 1 unspecified atom stereocenters. The van der Waals surface area contributed by atoms with Gasteiger partial charge in [-0.05, 0) is 30.7 Å². The molecule has 0 bridgehead atoms. The van der Waals surface area contributed by atoms with Crippen LogP contribution in [0.2, 0.25) is 0 Å². The molecule has 1 saturated heterocycles. The first-order valence-corrected chi connectivity index (χ1v) is 9.01. The number of aromatic nitrogens is 2. The Labute approximate surface area is 164 Å². The van der Waals surface area contributed by atoms with E-state index in [1.54, 1.807) is 6.20 Å². The molecular weight excluding hydrogens is 385 g/mol. The van der Waals surface area contributed by atoms with Gasteiger partial charge < -0.3 is 15.0 Å². The molecular formula is C20H17F3N4O2. The Bertz CT molecular complexity index is 1040. The summed E-state index contributed by atoms with van der Waals surface area (Å²) in [5.41, 5.74) is 1.42. The molecule has 2 heterocycles. The Morgan fingerprint density at radius 2 is 1.83 bits per heavy atom. The van der Waals surface area contributed by atoms with Crippen LogP contribution < -0.4 is 10.1 Å². The van der Waals surface area contributed by atoms with Gasteiger partial charge in [0.2, 0.25) is 0 Å². The molecule has 150 valence electrons. The molecule has 0 radical (unpaired) electrons. The summed E-state index contributed by atoms with van der Waals surface area (Å²) in [5, 5.41) is 3.24. The van der Waals surface area contributed by atoms with Gasteiger partial charge in [0.25, 0.3) is 5.91 Å². The first-order valence-electron chi connectivity index (χ1n) is 9.01. The summed E-state index contributed by atoms with van der Waals surface area (Å²) < 4.78 is 41.8. The number of amides is 1. The minimum absolute atomic E-state index is 0.0786. The summed E-state index contributed by atoms with van der Waals surface area (Å²) >= 11 is 0. The van der Waals surface area contributed by atoms with E-state index in [1.165, 1.54) is 23.1 Å². The van der Waals surface area contributed by atoms with E-state index in [0.717, 1.165) is 17.1 Å². The fourth-order valence-electron chi connectivity index (χ4n) is 3.33. The van der Waals surface area contributed by atoms with Crippen LogP contribution in [0, 0.1) is 0 Å². The first-order chi connectivity index (χ1) is 13.9. The van der Waals surface area contributed by atoms with E-state index in [-0.39, 0.29) is 11.6 Å². The largest absolute Gasteiger partial charge is 0.573 e. The fraction of sp³-hybridized carbons (Fsp3) is 0.250. The molecule has 29 heavy (non-hydrogen) atoms. The number of anilines is 1. The number of alkyl halides is 3. The normalized spacial score (nSPS) is 16.8. The van der Waals surface area contributed by atoms with Crippen molar-refractivity contribution in [2.75, 3.05) is 18.4 Å². The Morgan fingerprint density at radius 1 is 1.10 bits per heavy atom. The number of halogens is 3. The van der Waals surface area contributed by atoms with Crippen molar-refractivity contribution in [2.24, 2.45) is 0 Å². The number of benzene rings is 2. The van der Waals surface area contributed by atoms with Crippen LogP contribution in [-0.4, -0.2) is 46.3 Å². The molecule has 1 N–H and O–H groups in total. The van der Waals surface area contributed by atoms with Crippen LogP contribution in [0.4, 0.5) is 19.0 Å². The van der Waals surface area contributed by atoms with Crippen molar-refractivity contribution in [3.8, 4) is 5.75 Å². The zero-order valence-electron chi connectivity index (χ0n) is 15.2. The molecule has 0 saturated carbocycles. The van der Waals surface area contributed by atoms with E-state index >= 15 is 0 Å². The zero-order valence-corrected chi connectivity index (χ0v) is 15.2. The third-order valence-electron chi connectivity index (χ3n) is 4.62. The number of fused-ring (bicyclic) bond motifs is 1. The Hall–Kier alpha value is -3.36. The van der Waals surface area contributed by atoms with E-state index in [4.69, 9.17) is 0 Å². The summed E-state index contributed by atoms with van der Waals surface area (Å²) in [6.07, 6.45) is -2.60. The van der Waals surface area contributed by atoms with Gasteiger partial charge in [-0.1, -0.05) is 24.3 Å². The lowest BCUT2D eigenvalue weighted by atomic mass is 10.2. The average Bonchev–Trinajstić information content (AvgIpc) is 3.15. The van der Waals surface area contributed by atoms with Gasteiger partial charge in [0, 0.05) is 19.1 Å². The van der Waals surface area contributed by atoms with Crippen LogP contribution in [0.1, 0.15) is 16.8 Å². The number of para-hydroxylation sites is 3. The maximum atomic E-state index is 12.7. The predicted molar refractivity (Wildman–Crippen MR) is 101 cm³/mol. The van der Waals surface area contributed by atoms with Crippen molar-refractivity contribution in [1.29, 1.82) is 0 Å². The number of rotatable bonds is 4. The summed E-state index contributed by atoms with van der Waals surface area (Å²) in [4.78, 5) is 23.1. The molecule has 6 nitrogen and oxygen atoms in total. The molecule has 9 heteroatoms. The maximum absolute atomic E-state index is 12.7. The molecule has 4 rings (SSSR count). The number of hydrogen-bond donors (Lipinski definition) is 1. The van der Waals surface area contributed by atoms with Gasteiger partial charge in [-0.2, -0.15) is 0 Å². The van der Waals surface area contributed by atoms with Crippen LogP contribution in [-0.2, 0) is 0 Å². The van der Waals surface area contributed by atoms with Crippen molar-refractivity contribution >= 4 is 22.8 Å². The van der Waals surface area contributed by atoms with Gasteiger partial charge in [-0.3, -0.25) is 9.78 Å². The molecule has 1 amide bonds. The fourth-order valence-corrected chi connectivity index (χ4v) is 3.33. The second-order valence-corrected chi connectivity index (χ2v) is 6.67. The maximum Gasteiger partial charge on any atom is 0.573 e. The number of carbonyl (C=O) groups is 1. The number of nitrogens with zero attached hydrogens (tertiary/aromatic N) is 3. The average molecular weight is 402 g/mol. The van der Waals surface area contributed by atoms with Gasteiger partial charge in [0.15, 0.2) is 0 Å². The number of ether oxygens (including phenoxy) is 1. The standard InChI is InChI=1S/C20H17F3N4O2/c21-20(22,23)29-17-8-4-1-5-14(17)19(28)27-10-9-13(12-27)25-18-11-24-15-6-2-3-7-16(15)26-18/h1-8,11,13H,9-10,12H2,(H,25,26). The highest BCUT2D eigenvalue weighted by atomic mass is 19.4. The van der Waals surface area contributed by atoms with Crippen molar-refractivity contribution < 1.29 is 22.7 Å². The van der Waals surface area contributed by atoms with E-state index in [2.05, 4.69) is 20.0 Å². The van der Waals surface area contributed by atoms with Crippen LogP contribution in [0.5, 0.6) is 5.75 Å². The minimum Gasteiger partial charge on any atom is -0.405 e. The van der Waals surface area contributed by atoms with Crippen LogP contribution in [0.15, 0.2) is 54.7 Å². The van der Waals surface area contributed by atoms with Gasteiger partial charge in [-0.25, -0.2) is 4.98 Å². The zero-order chi connectivity index (χ0) is 20.4. The lowest BCUT2D eigenvalue weighted by molar-refractivity contribution is -0.274. The van der Waals surface area contributed by atoms with Crippen molar-refractivity contribution in [3.63, 3.8) is 0 Å².